The van der Waals surface area contributed by atoms with E-state index in [1.54, 1.807) is 0 Å². The van der Waals surface area contributed by atoms with Crippen LogP contribution in [0.3, 0.4) is 0 Å². The first kappa shape index (κ1) is 13.9. The summed E-state index contributed by atoms with van der Waals surface area (Å²) in [5.74, 6) is 0. The molecule has 0 aliphatic carbocycles. The summed E-state index contributed by atoms with van der Waals surface area (Å²) >= 11 is 0. The van der Waals surface area contributed by atoms with Crippen LogP contribution in [0.2, 0.25) is 0 Å². The van der Waals surface area contributed by atoms with E-state index in [-0.39, 0.29) is 0 Å². The van der Waals surface area contributed by atoms with Crippen LogP contribution in [0, 0.1) is 0 Å². The molecule has 0 spiro atoms. The van der Waals surface area contributed by atoms with E-state index in [1.165, 1.54) is 19.3 Å². The average Bonchev–Trinajstić information content (AvgIpc) is 2.34. The highest BCUT2D eigenvalue weighted by molar-refractivity contribution is 4.75. The van der Waals surface area contributed by atoms with Crippen LogP contribution in [0.15, 0.2) is 0 Å². The molecule has 0 aromatic heterocycles. The Balaban J connectivity index is 1.95. The minimum absolute atomic E-state index is 0.339. The van der Waals surface area contributed by atoms with E-state index in [4.69, 9.17) is 9.84 Å². The van der Waals surface area contributed by atoms with Crippen LogP contribution in [0.5, 0.6) is 0 Å². The second-order valence-electron chi connectivity index (χ2n) is 4.71. The Hall–Kier alpha value is -0.120. The van der Waals surface area contributed by atoms with Crippen LogP contribution < -0.4 is 5.32 Å². The largest absolute Gasteiger partial charge is 0.396 e. The van der Waals surface area contributed by atoms with Crippen molar-refractivity contribution >= 4 is 0 Å². The molecule has 1 rings (SSSR count). The van der Waals surface area contributed by atoms with E-state index in [9.17, 15) is 0 Å². The van der Waals surface area contributed by atoms with E-state index in [2.05, 4.69) is 12.2 Å². The minimum atomic E-state index is 0.339. The minimum Gasteiger partial charge on any atom is -0.396 e. The van der Waals surface area contributed by atoms with Gasteiger partial charge in [0, 0.05) is 19.3 Å². The maximum atomic E-state index is 8.65. The van der Waals surface area contributed by atoms with E-state index in [0.29, 0.717) is 18.8 Å². The zero-order valence-electron chi connectivity index (χ0n) is 10.6. The summed E-state index contributed by atoms with van der Waals surface area (Å²) in [6.07, 6.45) is 8.51. The van der Waals surface area contributed by atoms with Crippen molar-refractivity contribution in [1.29, 1.82) is 0 Å². The van der Waals surface area contributed by atoms with Crippen LogP contribution in [-0.4, -0.2) is 37.0 Å². The monoisotopic (exact) mass is 229 g/mol. The van der Waals surface area contributed by atoms with Crippen LogP contribution >= 0.6 is 0 Å². The first-order chi connectivity index (χ1) is 7.86. The van der Waals surface area contributed by atoms with Crippen molar-refractivity contribution in [3.8, 4) is 0 Å². The third kappa shape index (κ3) is 5.83. The van der Waals surface area contributed by atoms with Crippen LogP contribution in [0.1, 0.15) is 51.9 Å². The van der Waals surface area contributed by atoms with E-state index < -0.39 is 0 Å². The SMILES string of the molecule is CCC1CC(NCCCCCCO)CCO1. The predicted molar refractivity (Wildman–Crippen MR) is 66.6 cm³/mol. The lowest BCUT2D eigenvalue weighted by Gasteiger charge is -2.29. The third-order valence-corrected chi connectivity index (χ3v) is 3.34. The highest BCUT2D eigenvalue weighted by Gasteiger charge is 2.20. The first-order valence-electron chi connectivity index (χ1n) is 6.82. The Morgan fingerprint density at radius 3 is 2.81 bits per heavy atom. The van der Waals surface area contributed by atoms with Crippen LogP contribution in [-0.2, 0) is 4.74 Å². The Kier molecular flexibility index (Phi) is 7.81. The standard InChI is InChI=1S/C13H27NO2/c1-2-13-11-12(7-10-16-13)14-8-5-3-4-6-9-15/h12-15H,2-11H2,1H3. The van der Waals surface area contributed by atoms with Gasteiger partial charge in [-0.15, -0.1) is 0 Å². The molecule has 0 radical (unpaired) electrons. The molecule has 0 aromatic rings. The maximum absolute atomic E-state index is 8.65. The average molecular weight is 229 g/mol. The second kappa shape index (κ2) is 8.97. The summed E-state index contributed by atoms with van der Waals surface area (Å²) in [7, 11) is 0. The quantitative estimate of drug-likeness (QED) is 0.626. The molecule has 0 aromatic carbocycles. The van der Waals surface area contributed by atoms with Gasteiger partial charge in [-0.3, -0.25) is 0 Å². The number of ether oxygens (including phenoxy) is 1. The Morgan fingerprint density at radius 1 is 1.25 bits per heavy atom. The number of unbranched alkanes of at least 4 members (excludes halogenated alkanes) is 3. The number of hydrogen-bond donors (Lipinski definition) is 2. The van der Waals surface area contributed by atoms with Crippen molar-refractivity contribution in [3.63, 3.8) is 0 Å². The van der Waals surface area contributed by atoms with Crippen LogP contribution in [0.4, 0.5) is 0 Å². The van der Waals surface area contributed by atoms with Crippen molar-refractivity contribution in [3.05, 3.63) is 0 Å². The molecule has 1 aliphatic rings. The van der Waals surface area contributed by atoms with Gasteiger partial charge in [0.05, 0.1) is 6.10 Å². The molecule has 0 amide bonds. The lowest BCUT2D eigenvalue weighted by atomic mass is 10.0. The van der Waals surface area contributed by atoms with Gasteiger partial charge in [-0.25, -0.2) is 0 Å². The molecule has 1 aliphatic heterocycles. The van der Waals surface area contributed by atoms with Gasteiger partial charge in [0.2, 0.25) is 0 Å². The smallest absolute Gasteiger partial charge is 0.0587 e. The highest BCUT2D eigenvalue weighted by Crippen LogP contribution is 2.16. The number of hydrogen-bond acceptors (Lipinski definition) is 3. The molecule has 2 unspecified atom stereocenters. The zero-order valence-corrected chi connectivity index (χ0v) is 10.6. The number of aliphatic hydroxyl groups excluding tert-OH is 1. The fourth-order valence-electron chi connectivity index (χ4n) is 2.25. The Labute approximate surface area is 99.6 Å². The molecule has 0 saturated carbocycles. The first-order valence-corrected chi connectivity index (χ1v) is 6.82. The van der Waals surface area contributed by atoms with E-state index in [0.717, 1.165) is 38.8 Å². The van der Waals surface area contributed by atoms with Crippen molar-refractivity contribution in [2.24, 2.45) is 0 Å². The number of rotatable bonds is 8. The molecular formula is C13H27NO2. The van der Waals surface area contributed by atoms with Crippen molar-refractivity contribution in [2.75, 3.05) is 19.8 Å². The molecule has 1 heterocycles. The van der Waals surface area contributed by atoms with Crippen molar-refractivity contribution < 1.29 is 9.84 Å². The zero-order chi connectivity index (χ0) is 11.6. The molecule has 16 heavy (non-hydrogen) atoms. The normalized spacial score (nSPS) is 25.9. The molecule has 1 saturated heterocycles. The lowest BCUT2D eigenvalue weighted by molar-refractivity contribution is -0.00000515. The van der Waals surface area contributed by atoms with Gasteiger partial charge in [0.15, 0.2) is 0 Å². The van der Waals surface area contributed by atoms with Gasteiger partial charge in [-0.2, -0.15) is 0 Å². The van der Waals surface area contributed by atoms with Gasteiger partial charge >= 0.3 is 0 Å². The third-order valence-electron chi connectivity index (χ3n) is 3.34. The van der Waals surface area contributed by atoms with E-state index >= 15 is 0 Å². The topological polar surface area (TPSA) is 41.5 Å². The Morgan fingerprint density at radius 2 is 2.06 bits per heavy atom. The Bertz CT molecular complexity index is 164. The van der Waals surface area contributed by atoms with Gasteiger partial charge in [-0.1, -0.05) is 19.8 Å². The molecule has 2 N–H and O–H groups in total. The van der Waals surface area contributed by atoms with Crippen molar-refractivity contribution in [2.45, 2.75) is 64.0 Å². The maximum Gasteiger partial charge on any atom is 0.0587 e. The summed E-state index contributed by atoms with van der Waals surface area (Å²) in [6, 6.07) is 0.663. The van der Waals surface area contributed by atoms with Gasteiger partial charge < -0.3 is 15.2 Å². The van der Waals surface area contributed by atoms with E-state index in [1.807, 2.05) is 0 Å². The van der Waals surface area contributed by atoms with Crippen LogP contribution in [0.25, 0.3) is 0 Å². The summed E-state index contributed by atoms with van der Waals surface area (Å²) in [5.41, 5.74) is 0. The molecular weight excluding hydrogens is 202 g/mol. The summed E-state index contributed by atoms with van der Waals surface area (Å²) in [5, 5.41) is 12.3. The molecule has 3 nitrogen and oxygen atoms in total. The fourth-order valence-corrected chi connectivity index (χ4v) is 2.25. The summed E-state index contributed by atoms with van der Waals surface area (Å²) in [6.45, 7) is 4.57. The van der Waals surface area contributed by atoms with Gasteiger partial charge in [-0.05, 0) is 38.6 Å². The summed E-state index contributed by atoms with van der Waals surface area (Å²) in [4.78, 5) is 0. The lowest BCUT2D eigenvalue weighted by Crippen LogP contribution is -2.39. The highest BCUT2D eigenvalue weighted by atomic mass is 16.5. The van der Waals surface area contributed by atoms with Gasteiger partial charge in [0.1, 0.15) is 0 Å². The van der Waals surface area contributed by atoms with Crippen molar-refractivity contribution in [1.82, 2.24) is 5.32 Å². The molecule has 1 fully saturated rings. The molecule has 2 atom stereocenters. The predicted octanol–water partition coefficient (Wildman–Crippen LogP) is 2.09. The van der Waals surface area contributed by atoms with Gasteiger partial charge in [0.25, 0.3) is 0 Å². The summed E-state index contributed by atoms with van der Waals surface area (Å²) < 4.78 is 5.65. The number of aliphatic hydroxyl groups is 1. The molecule has 0 bridgehead atoms. The molecule has 3 heteroatoms. The second-order valence-corrected chi connectivity index (χ2v) is 4.71. The fraction of sp³-hybridized carbons (Fsp3) is 1.00. The number of nitrogens with one attached hydrogen (secondary N) is 1. The molecule has 96 valence electrons.